The van der Waals surface area contributed by atoms with Gasteiger partial charge in [0.1, 0.15) is 5.75 Å². The molecule has 0 spiro atoms. The van der Waals surface area contributed by atoms with Crippen molar-refractivity contribution in [3.63, 3.8) is 0 Å². The number of rotatable bonds is 3. The fourth-order valence-corrected chi connectivity index (χ4v) is 2.33. The Morgan fingerprint density at radius 1 is 1.09 bits per heavy atom. The van der Waals surface area contributed by atoms with Crippen LogP contribution in [0.4, 0.5) is 13.2 Å². The largest absolute Gasteiger partial charge is 0.496 e. The van der Waals surface area contributed by atoms with Gasteiger partial charge in [0.15, 0.2) is 0 Å². The molecule has 2 aromatic rings. The van der Waals surface area contributed by atoms with Gasteiger partial charge in [0.25, 0.3) is 0 Å². The third-order valence-corrected chi connectivity index (χ3v) is 3.30. The smallest absolute Gasteiger partial charge is 0.416 e. The van der Waals surface area contributed by atoms with Crippen molar-refractivity contribution in [3.8, 4) is 16.9 Å². The molecule has 0 fully saturated rings. The molecule has 0 bridgehead atoms. The van der Waals surface area contributed by atoms with Crippen LogP contribution in [-0.2, 0) is 12.7 Å². The van der Waals surface area contributed by atoms with E-state index in [4.69, 9.17) is 10.5 Å². The van der Waals surface area contributed by atoms with Crippen molar-refractivity contribution in [2.24, 2.45) is 5.73 Å². The molecule has 120 valence electrons. The Hall–Kier alpha value is -1.72. The number of ether oxygens (including phenoxy) is 1. The van der Waals surface area contributed by atoms with Gasteiger partial charge in [-0.3, -0.25) is 0 Å². The Morgan fingerprint density at radius 2 is 1.77 bits per heavy atom. The Morgan fingerprint density at radius 3 is 2.32 bits per heavy atom. The van der Waals surface area contributed by atoms with Gasteiger partial charge >= 0.3 is 6.18 Å². The van der Waals surface area contributed by atoms with E-state index in [0.717, 1.165) is 23.3 Å². The number of methoxy groups -OCH3 is 1. The molecular weight excluding hydrogens is 315 g/mol. The molecule has 0 atom stereocenters. The van der Waals surface area contributed by atoms with Crippen LogP contribution < -0.4 is 10.5 Å². The molecule has 2 aromatic carbocycles. The van der Waals surface area contributed by atoms with Crippen LogP contribution in [0.5, 0.6) is 5.75 Å². The summed E-state index contributed by atoms with van der Waals surface area (Å²) in [6.07, 6.45) is -4.35. The molecule has 0 radical (unpaired) electrons. The van der Waals surface area contributed by atoms with Crippen molar-refractivity contribution in [1.29, 1.82) is 0 Å². The molecule has 0 unspecified atom stereocenters. The summed E-state index contributed by atoms with van der Waals surface area (Å²) in [6, 6.07) is 8.82. The van der Waals surface area contributed by atoms with E-state index in [0.29, 0.717) is 16.9 Å². The van der Waals surface area contributed by atoms with E-state index in [1.54, 1.807) is 25.3 Å². The van der Waals surface area contributed by atoms with E-state index in [1.807, 2.05) is 6.92 Å². The van der Waals surface area contributed by atoms with Crippen LogP contribution in [0.15, 0.2) is 36.4 Å². The van der Waals surface area contributed by atoms with E-state index in [-0.39, 0.29) is 19.0 Å². The summed E-state index contributed by atoms with van der Waals surface area (Å²) in [5.74, 6) is 0.674. The second-order valence-electron chi connectivity index (χ2n) is 4.77. The van der Waals surface area contributed by atoms with Gasteiger partial charge in [-0.2, -0.15) is 13.2 Å². The zero-order chi connectivity index (χ0) is 15.6. The number of aryl methyl sites for hydroxylation is 1. The van der Waals surface area contributed by atoms with Crippen LogP contribution in [0, 0.1) is 6.92 Å². The predicted molar refractivity (Wildman–Crippen MR) is 83.3 cm³/mol. The highest BCUT2D eigenvalue weighted by Crippen LogP contribution is 2.34. The molecule has 0 heterocycles. The molecule has 0 saturated carbocycles. The zero-order valence-electron chi connectivity index (χ0n) is 12.2. The monoisotopic (exact) mass is 331 g/mol. The minimum atomic E-state index is -4.35. The summed E-state index contributed by atoms with van der Waals surface area (Å²) in [5.41, 5.74) is 7.83. The Kier molecular flexibility index (Phi) is 5.85. The molecule has 0 aromatic heterocycles. The topological polar surface area (TPSA) is 35.2 Å². The molecular formula is C16H17ClF3NO. The summed E-state index contributed by atoms with van der Waals surface area (Å²) in [7, 11) is 1.55. The number of hydrogen-bond acceptors (Lipinski definition) is 2. The maximum Gasteiger partial charge on any atom is 0.416 e. The van der Waals surface area contributed by atoms with Gasteiger partial charge in [0.05, 0.1) is 12.7 Å². The van der Waals surface area contributed by atoms with Crippen LogP contribution in [0.2, 0.25) is 0 Å². The molecule has 0 amide bonds. The van der Waals surface area contributed by atoms with Gasteiger partial charge in [-0.15, -0.1) is 12.4 Å². The maximum absolute atomic E-state index is 12.8. The molecule has 0 saturated heterocycles. The van der Waals surface area contributed by atoms with Gasteiger partial charge in [0, 0.05) is 12.1 Å². The summed E-state index contributed by atoms with van der Waals surface area (Å²) < 4.78 is 43.6. The van der Waals surface area contributed by atoms with E-state index in [2.05, 4.69) is 0 Å². The van der Waals surface area contributed by atoms with E-state index < -0.39 is 11.7 Å². The Bertz CT molecular complexity index is 656. The van der Waals surface area contributed by atoms with Crippen LogP contribution in [0.25, 0.3) is 11.1 Å². The average Bonchev–Trinajstić information content (AvgIpc) is 2.45. The molecule has 2 N–H and O–H groups in total. The molecule has 0 aliphatic carbocycles. The SMILES string of the molecule is COc1c(C)cc(-c2cccc(C(F)(F)F)c2)cc1CN.Cl. The molecule has 22 heavy (non-hydrogen) atoms. The van der Waals surface area contributed by atoms with Crippen LogP contribution in [0.3, 0.4) is 0 Å². The van der Waals surface area contributed by atoms with Gasteiger partial charge in [-0.1, -0.05) is 12.1 Å². The lowest BCUT2D eigenvalue weighted by Gasteiger charge is -2.14. The number of benzene rings is 2. The Labute approximate surface area is 133 Å². The van der Waals surface area contributed by atoms with Crippen molar-refractivity contribution >= 4 is 12.4 Å². The van der Waals surface area contributed by atoms with Crippen LogP contribution >= 0.6 is 12.4 Å². The van der Waals surface area contributed by atoms with E-state index in [1.165, 1.54) is 6.07 Å². The molecule has 0 aliphatic heterocycles. The number of alkyl halides is 3. The highest BCUT2D eigenvalue weighted by molar-refractivity contribution is 5.85. The second kappa shape index (κ2) is 7.03. The lowest BCUT2D eigenvalue weighted by atomic mass is 9.97. The fourth-order valence-electron chi connectivity index (χ4n) is 2.33. The van der Waals surface area contributed by atoms with Gasteiger partial charge in [-0.25, -0.2) is 0 Å². The predicted octanol–water partition coefficient (Wildman–Crippen LogP) is 4.57. The van der Waals surface area contributed by atoms with E-state index >= 15 is 0 Å². The molecule has 0 aliphatic rings. The van der Waals surface area contributed by atoms with Crippen LogP contribution in [-0.4, -0.2) is 7.11 Å². The normalized spacial score (nSPS) is 11.0. The minimum absolute atomic E-state index is 0. The highest BCUT2D eigenvalue weighted by atomic mass is 35.5. The number of hydrogen-bond donors (Lipinski definition) is 1. The van der Waals surface area contributed by atoms with Crippen LogP contribution in [0.1, 0.15) is 16.7 Å². The number of nitrogens with two attached hydrogens (primary N) is 1. The average molecular weight is 332 g/mol. The van der Waals surface area contributed by atoms with Crippen molar-refractivity contribution in [3.05, 3.63) is 53.1 Å². The van der Waals surface area contributed by atoms with Crippen molar-refractivity contribution in [2.45, 2.75) is 19.6 Å². The third kappa shape index (κ3) is 3.72. The van der Waals surface area contributed by atoms with Crippen molar-refractivity contribution in [2.75, 3.05) is 7.11 Å². The first-order valence-corrected chi connectivity index (χ1v) is 6.42. The summed E-state index contributed by atoms with van der Waals surface area (Å²) in [6.45, 7) is 2.10. The first-order chi connectivity index (χ1) is 9.86. The van der Waals surface area contributed by atoms with Gasteiger partial charge < -0.3 is 10.5 Å². The molecule has 2 nitrogen and oxygen atoms in total. The fraction of sp³-hybridized carbons (Fsp3) is 0.250. The lowest BCUT2D eigenvalue weighted by Crippen LogP contribution is -2.05. The Balaban J connectivity index is 0.00000242. The zero-order valence-corrected chi connectivity index (χ0v) is 13.0. The van der Waals surface area contributed by atoms with E-state index in [9.17, 15) is 13.2 Å². The number of halogens is 4. The van der Waals surface area contributed by atoms with Crippen molar-refractivity contribution in [1.82, 2.24) is 0 Å². The maximum atomic E-state index is 12.8. The highest BCUT2D eigenvalue weighted by Gasteiger charge is 2.30. The first kappa shape index (κ1) is 18.3. The quantitative estimate of drug-likeness (QED) is 0.894. The standard InChI is InChI=1S/C16H16F3NO.ClH/c1-10-6-12(7-13(9-20)15(10)21-2)11-4-3-5-14(8-11)16(17,18)19;/h3-8H,9,20H2,1-2H3;1H. The minimum Gasteiger partial charge on any atom is -0.496 e. The van der Waals surface area contributed by atoms with Crippen molar-refractivity contribution < 1.29 is 17.9 Å². The molecule has 6 heteroatoms. The summed E-state index contributed by atoms with van der Waals surface area (Å²) in [5, 5.41) is 0. The summed E-state index contributed by atoms with van der Waals surface area (Å²) in [4.78, 5) is 0. The molecule has 2 rings (SSSR count). The third-order valence-electron chi connectivity index (χ3n) is 3.30. The van der Waals surface area contributed by atoms with Gasteiger partial charge in [0.2, 0.25) is 0 Å². The second-order valence-corrected chi connectivity index (χ2v) is 4.77. The van der Waals surface area contributed by atoms with Gasteiger partial charge in [-0.05, 0) is 47.9 Å². The summed E-state index contributed by atoms with van der Waals surface area (Å²) >= 11 is 0. The lowest BCUT2D eigenvalue weighted by molar-refractivity contribution is -0.137. The first-order valence-electron chi connectivity index (χ1n) is 6.42.